The van der Waals surface area contributed by atoms with Gasteiger partial charge in [-0.3, -0.25) is 4.99 Å². The van der Waals surface area contributed by atoms with Crippen LogP contribution in [0.4, 0.5) is 0 Å². The molecule has 0 radical (unpaired) electrons. The normalized spacial score (nSPS) is 18.9. The van der Waals surface area contributed by atoms with Crippen LogP contribution in [0.5, 0.6) is 0 Å². The Morgan fingerprint density at radius 3 is 2.50 bits per heavy atom. The number of aliphatic imine (C=N–C) groups is 1. The molecule has 0 spiro atoms. The summed E-state index contributed by atoms with van der Waals surface area (Å²) in [7, 11) is 1.84. The average Bonchev–Trinajstić information content (AvgIpc) is 2.77. The first-order valence-corrected chi connectivity index (χ1v) is 7.32. The molecule has 0 heterocycles. The van der Waals surface area contributed by atoms with E-state index in [9.17, 15) is 0 Å². The Hall–Kier alpha value is -0.380. The molecule has 0 amide bonds. The second-order valence-electron chi connectivity index (χ2n) is 5.02. The molecule has 0 aromatic carbocycles. The monoisotopic (exact) mass is 243 g/mol. The zero-order valence-electron chi connectivity index (χ0n) is 11.0. The molecule has 1 rings (SSSR count). The molecule has 1 aliphatic carbocycles. The summed E-state index contributed by atoms with van der Waals surface area (Å²) in [6.07, 6.45) is 7.42. The zero-order valence-corrected chi connectivity index (χ0v) is 11.8. The van der Waals surface area contributed by atoms with E-state index in [0.717, 1.165) is 12.5 Å². The van der Waals surface area contributed by atoms with E-state index < -0.39 is 0 Å². The molecule has 0 aromatic rings. The van der Waals surface area contributed by atoms with Gasteiger partial charge >= 0.3 is 0 Å². The number of hydrogen-bond acceptors (Lipinski definition) is 2. The molecule has 3 nitrogen and oxygen atoms in total. The minimum atomic E-state index is 0.257. The second-order valence-corrected chi connectivity index (χ2v) is 6.53. The van der Waals surface area contributed by atoms with Gasteiger partial charge in [-0.05, 0) is 32.9 Å². The highest BCUT2D eigenvalue weighted by atomic mass is 32.2. The third-order valence-corrected chi connectivity index (χ3v) is 4.40. The standard InChI is InChI=1S/C12H25N3S/c1-12(2,16-4)9-14-11(13-3)15-10-7-5-6-8-10/h10H,5-9H2,1-4H3,(H2,13,14,15). The summed E-state index contributed by atoms with van der Waals surface area (Å²) in [5.41, 5.74) is 0. The van der Waals surface area contributed by atoms with Crippen LogP contribution in [0, 0.1) is 0 Å². The van der Waals surface area contributed by atoms with Gasteiger partial charge in [0, 0.05) is 24.4 Å². The Labute approximate surface area is 104 Å². The molecular weight excluding hydrogens is 218 g/mol. The Kier molecular flexibility index (Phi) is 5.46. The van der Waals surface area contributed by atoms with Crippen LogP contribution in [-0.4, -0.2) is 36.6 Å². The third kappa shape index (κ3) is 4.64. The van der Waals surface area contributed by atoms with Crippen LogP contribution in [0.2, 0.25) is 0 Å². The molecule has 94 valence electrons. The van der Waals surface area contributed by atoms with E-state index in [1.807, 2.05) is 18.8 Å². The van der Waals surface area contributed by atoms with Gasteiger partial charge in [0.1, 0.15) is 0 Å². The molecule has 0 aliphatic heterocycles. The van der Waals surface area contributed by atoms with Crippen LogP contribution in [0.15, 0.2) is 4.99 Å². The molecule has 1 saturated carbocycles. The van der Waals surface area contributed by atoms with Crippen molar-refractivity contribution in [3.8, 4) is 0 Å². The predicted molar refractivity (Wildman–Crippen MR) is 74.3 cm³/mol. The predicted octanol–water partition coefficient (Wildman–Crippen LogP) is 2.24. The molecular formula is C12H25N3S. The fourth-order valence-electron chi connectivity index (χ4n) is 1.83. The number of guanidine groups is 1. The van der Waals surface area contributed by atoms with Gasteiger partial charge < -0.3 is 10.6 Å². The molecule has 0 bridgehead atoms. The SMILES string of the molecule is CN=C(NCC(C)(C)SC)NC1CCCC1. The Balaban J connectivity index is 2.32. The first-order chi connectivity index (χ1) is 7.57. The summed E-state index contributed by atoms with van der Waals surface area (Å²) < 4.78 is 0.257. The maximum absolute atomic E-state index is 4.27. The van der Waals surface area contributed by atoms with Gasteiger partial charge in [-0.2, -0.15) is 11.8 Å². The number of nitrogens with zero attached hydrogens (tertiary/aromatic N) is 1. The van der Waals surface area contributed by atoms with Gasteiger partial charge in [-0.15, -0.1) is 0 Å². The lowest BCUT2D eigenvalue weighted by Gasteiger charge is -2.25. The topological polar surface area (TPSA) is 36.4 Å². The van der Waals surface area contributed by atoms with Crippen LogP contribution in [0.3, 0.4) is 0 Å². The van der Waals surface area contributed by atoms with E-state index in [-0.39, 0.29) is 4.75 Å². The summed E-state index contributed by atoms with van der Waals surface area (Å²) in [6.45, 7) is 5.43. The summed E-state index contributed by atoms with van der Waals surface area (Å²) in [4.78, 5) is 4.27. The maximum Gasteiger partial charge on any atom is 0.191 e. The highest BCUT2D eigenvalue weighted by Crippen LogP contribution is 2.20. The lowest BCUT2D eigenvalue weighted by molar-refractivity contribution is 0.599. The summed E-state index contributed by atoms with van der Waals surface area (Å²) in [5, 5.41) is 6.90. The average molecular weight is 243 g/mol. The van der Waals surface area contributed by atoms with Crippen molar-refractivity contribution in [2.24, 2.45) is 4.99 Å². The summed E-state index contributed by atoms with van der Waals surface area (Å²) in [5.74, 6) is 0.953. The van der Waals surface area contributed by atoms with Crippen molar-refractivity contribution in [3.05, 3.63) is 0 Å². The lowest BCUT2D eigenvalue weighted by atomic mass is 10.2. The number of rotatable bonds is 4. The maximum atomic E-state index is 4.27. The van der Waals surface area contributed by atoms with E-state index >= 15 is 0 Å². The van der Waals surface area contributed by atoms with E-state index in [0.29, 0.717) is 6.04 Å². The highest BCUT2D eigenvalue weighted by molar-refractivity contribution is 7.99. The van der Waals surface area contributed by atoms with E-state index in [1.54, 1.807) is 0 Å². The van der Waals surface area contributed by atoms with Crippen molar-refractivity contribution in [2.45, 2.75) is 50.3 Å². The highest BCUT2D eigenvalue weighted by Gasteiger charge is 2.19. The van der Waals surface area contributed by atoms with Crippen LogP contribution in [0.1, 0.15) is 39.5 Å². The van der Waals surface area contributed by atoms with Gasteiger partial charge in [0.2, 0.25) is 0 Å². The molecule has 4 heteroatoms. The summed E-state index contributed by atoms with van der Waals surface area (Å²) in [6, 6.07) is 0.628. The fourth-order valence-corrected chi connectivity index (χ4v) is 2.04. The van der Waals surface area contributed by atoms with Gasteiger partial charge in [-0.25, -0.2) is 0 Å². The van der Waals surface area contributed by atoms with Gasteiger partial charge in [0.15, 0.2) is 5.96 Å². The number of thioether (sulfide) groups is 1. The Bertz CT molecular complexity index is 232. The van der Waals surface area contributed by atoms with Crippen LogP contribution in [-0.2, 0) is 0 Å². The Morgan fingerprint density at radius 2 is 2.00 bits per heavy atom. The summed E-state index contributed by atoms with van der Waals surface area (Å²) >= 11 is 1.88. The van der Waals surface area contributed by atoms with Crippen molar-refractivity contribution in [1.29, 1.82) is 0 Å². The third-order valence-electron chi connectivity index (χ3n) is 3.15. The van der Waals surface area contributed by atoms with Gasteiger partial charge in [0.05, 0.1) is 0 Å². The number of hydrogen-bond donors (Lipinski definition) is 2. The molecule has 1 aliphatic rings. The van der Waals surface area contributed by atoms with Crippen molar-refractivity contribution in [2.75, 3.05) is 19.8 Å². The Morgan fingerprint density at radius 1 is 1.38 bits per heavy atom. The smallest absolute Gasteiger partial charge is 0.191 e. The van der Waals surface area contributed by atoms with Gasteiger partial charge in [-0.1, -0.05) is 12.8 Å². The molecule has 0 unspecified atom stereocenters. The molecule has 0 aromatic heterocycles. The van der Waals surface area contributed by atoms with Gasteiger partial charge in [0.25, 0.3) is 0 Å². The van der Waals surface area contributed by atoms with Crippen molar-refractivity contribution in [3.63, 3.8) is 0 Å². The molecule has 16 heavy (non-hydrogen) atoms. The first kappa shape index (κ1) is 13.7. The van der Waals surface area contributed by atoms with Crippen molar-refractivity contribution < 1.29 is 0 Å². The van der Waals surface area contributed by atoms with Crippen LogP contribution in [0.25, 0.3) is 0 Å². The van der Waals surface area contributed by atoms with Crippen LogP contribution >= 0.6 is 11.8 Å². The fraction of sp³-hybridized carbons (Fsp3) is 0.917. The molecule has 0 saturated heterocycles. The van der Waals surface area contributed by atoms with E-state index in [2.05, 4.69) is 35.7 Å². The molecule has 2 N–H and O–H groups in total. The van der Waals surface area contributed by atoms with Crippen molar-refractivity contribution in [1.82, 2.24) is 10.6 Å². The van der Waals surface area contributed by atoms with Crippen molar-refractivity contribution >= 4 is 17.7 Å². The minimum absolute atomic E-state index is 0.257. The second kappa shape index (κ2) is 6.38. The van der Waals surface area contributed by atoms with Crippen LogP contribution < -0.4 is 10.6 Å². The zero-order chi connectivity index (χ0) is 12.0. The van der Waals surface area contributed by atoms with E-state index in [1.165, 1.54) is 25.7 Å². The van der Waals surface area contributed by atoms with E-state index in [4.69, 9.17) is 0 Å². The largest absolute Gasteiger partial charge is 0.355 e. The first-order valence-electron chi connectivity index (χ1n) is 6.10. The quantitative estimate of drug-likeness (QED) is 0.587. The lowest BCUT2D eigenvalue weighted by Crippen LogP contribution is -2.46. The molecule has 0 atom stereocenters. The molecule has 1 fully saturated rings. The number of nitrogens with one attached hydrogen (secondary N) is 2. The minimum Gasteiger partial charge on any atom is -0.355 e.